The molecule has 0 bridgehead atoms. The molecular formula is C33H36N6O8S3. The van der Waals surface area contributed by atoms with Crippen LogP contribution in [0.2, 0.25) is 0 Å². The Balaban J connectivity index is 1.52. The lowest BCUT2D eigenvalue weighted by Crippen LogP contribution is -2.39. The maximum atomic E-state index is 14.1. The second-order valence-electron chi connectivity index (χ2n) is 11.2. The zero-order valence-corrected chi connectivity index (χ0v) is 29.5. The first-order valence-electron chi connectivity index (χ1n) is 15.3. The fourth-order valence-corrected chi connectivity index (χ4v) is 9.34. The van der Waals surface area contributed by atoms with Gasteiger partial charge in [-0.2, -0.15) is 11.8 Å². The summed E-state index contributed by atoms with van der Waals surface area (Å²) in [6.07, 6.45) is 0. The largest absolute Gasteiger partial charge is 0.497 e. The number of primary amides is 2. The third-order valence-corrected chi connectivity index (χ3v) is 12.3. The van der Waals surface area contributed by atoms with Gasteiger partial charge in [0.25, 0.3) is 20.0 Å². The van der Waals surface area contributed by atoms with Crippen molar-refractivity contribution in [3.05, 3.63) is 84.9 Å². The molecule has 14 nitrogen and oxygen atoms in total. The zero-order valence-electron chi connectivity index (χ0n) is 27.0. The molecule has 50 heavy (non-hydrogen) atoms. The highest BCUT2D eigenvalue weighted by atomic mass is 32.2. The highest BCUT2D eigenvalue weighted by Crippen LogP contribution is 2.38. The number of fused-ring (bicyclic) bond motifs is 1. The SMILES string of the molecule is COc1ccc(S(=O)(=O)N(CC(N)=O)c2ccc(N(CC(N)=O)S(=O)(=O)c3ccc(NC(=O)CN4CCSCC4)cc3)c3ccccc23)cc1. The molecule has 0 atom stereocenters. The Hall–Kier alpha value is -4.84. The van der Waals surface area contributed by atoms with E-state index in [1.807, 2.05) is 16.7 Å². The van der Waals surface area contributed by atoms with Gasteiger partial charge < -0.3 is 21.5 Å². The molecule has 0 radical (unpaired) electrons. The van der Waals surface area contributed by atoms with Crippen LogP contribution in [0.1, 0.15) is 0 Å². The first-order valence-corrected chi connectivity index (χ1v) is 19.3. The minimum absolute atomic E-state index is 0.0288. The van der Waals surface area contributed by atoms with E-state index in [2.05, 4.69) is 5.32 Å². The standard InChI is InChI=1S/C33H36N6O8S3/c1-47-24-8-12-26(13-9-24)50(45,46)39(21-32(35)41)30-15-14-29(27-4-2-3-5-28(27)30)38(20-31(34)40)49(43,44)25-10-6-23(7-11-25)36-33(42)22-37-16-18-48-19-17-37/h2-15H,16-22H2,1H3,(H2,34,40)(H2,35,41)(H,36,42). The van der Waals surface area contributed by atoms with E-state index >= 15 is 0 Å². The number of nitrogens with one attached hydrogen (secondary N) is 1. The summed E-state index contributed by atoms with van der Waals surface area (Å²) in [7, 11) is -7.39. The topological polar surface area (TPSA) is 203 Å². The van der Waals surface area contributed by atoms with Crippen molar-refractivity contribution in [2.45, 2.75) is 9.79 Å². The van der Waals surface area contributed by atoms with Crippen LogP contribution in [0.3, 0.4) is 0 Å². The fourth-order valence-electron chi connectivity index (χ4n) is 5.46. The molecule has 1 fully saturated rings. The quantitative estimate of drug-likeness (QED) is 0.172. The van der Waals surface area contributed by atoms with E-state index in [0.717, 1.165) is 33.2 Å². The normalized spacial score (nSPS) is 13.8. The molecular weight excluding hydrogens is 705 g/mol. The van der Waals surface area contributed by atoms with Crippen LogP contribution in [-0.4, -0.2) is 90.8 Å². The molecule has 4 aromatic carbocycles. The van der Waals surface area contributed by atoms with E-state index in [0.29, 0.717) is 11.4 Å². The summed E-state index contributed by atoms with van der Waals surface area (Å²) in [4.78, 5) is 38.8. The summed E-state index contributed by atoms with van der Waals surface area (Å²) in [5, 5.41) is 3.28. The maximum absolute atomic E-state index is 14.1. The summed E-state index contributed by atoms with van der Waals surface area (Å²) >= 11 is 1.83. The van der Waals surface area contributed by atoms with Crippen molar-refractivity contribution in [1.29, 1.82) is 0 Å². The Labute approximate surface area is 294 Å². The third kappa shape index (κ3) is 8.13. The average Bonchev–Trinajstić information content (AvgIpc) is 3.09. The number of anilines is 3. The Morgan fingerprint density at radius 2 is 1.20 bits per heavy atom. The Morgan fingerprint density at radius 3 is 1.64 bits per heavy atom. The third-order valence-electron chi connectivity index (χ3n) is 7.86. The van der Waals surface area contributed by atoms with Crippen molar-refractivity contribution in [3.63, 3.8) is 0 Å². The van der Waals surface area contributed by atoms with Crippen LogP contribution in [0.15, 0.2) is 94.7 Å². The van der Waals surface area contributed by atoms with Gasteiger partial charge in [0.2, 0.25) is 17.7 Å². The van der Waals surface area contributed by atoms with E-state index in [9.17, 15) is 31.2 Å². The second-order valence-corrected chi connectivity index (χ2v) is 16.2. The number of carbonyl (C=O) groups is 3. The van der Waals surface area contributed by atoms with Crippen molar-refractivity contribution in [2.24, 2.45) is 11.5 Å². The number of hydrogen-bond acceptors (Lipinski definition) is 10. The average molecular weight is 741 g/mol. The van der Waals surface area contributed by atoms with E-state index in [-0.39, 0.29) is 44.4 Å². The summed E-state index contributed by atoms with van der Waals surface area (Å²) in [5.41, 5.74) is 11.5. The van der Waals surface area contributed by atoms with Gasteiger partial charge in [-0.1, -0.05) is 24.3 Å². The fraction of sp³-hybridized carbons (Fsp3) is 0.242. The van der Waals surface area contributed by atoms with Gasteiger partial charge in [0.15, 0.2) is 0 Å². The van der Waals surface area contributed by atoms with E-state index in [1.54, 1.807) is 24.3 Å². The van der Waals surface area contributed by atoms with Crippen LogP contribution in [0, 0.1) is 0 Å². The first kappa shape index (κ1) is 36.4. The molecule has 4 aromatic rings. The summed E-state index contributed by atoms with van der Waals surface area (Å²) < 4.78 is 62.8. The number of nitrogens with zero attached hydrogens (tertiary/aromatic N) is 3. The Bertz CT molecular complexity index is 2110. The van der Waals surface area contributed by atoms with Crippen molar-refractivity contribution >= 4 is 77.4 Å². The molecule has 264 valence electrons. The summed E-state index contributed by atoms with van der Waals surface area (Å²) in [6.45, 7) is 0.368. The number of rotatable bonds is 14. The minimum atomic E-state index is -4.45. The van der Waals surface area contributed by atoms with Gasteiger partial charge >= 0.3 is 0 Å². The highest BCUT2D eigenvalue weighted by molar-refractivity contribution is 7.99. The van der Waals surface area contributed by atoms with Crippen molar-refractivity contribution in [1.82, 2.24) is 4.90 Å². The lowest BCUT2D eigenvalue weighted by Gasteiger charge is -2.28. The highest BCUT2D eigenvalue weighted by Gasteiger charge is 2.32. The van der Waals surface area contributed by atoms with E-state index in [1.165, 1.54) is 67.8 Å². The molecule has 1 saturated heterocycles. The van der Waals surface area contributed by atoms with Crippen LogP contribution in [0.4, 0.5) is 17.1 Å². The van der Waals surface area contributed by atoms with Crippen LogP contribution in [-0.2, 0) is 34.4 Å². The zero-order chi connectivity index (χ0) is 36.1. The number of sulfonamides is 2. The number of nitrogens with two attached hydrogens (primary N) is 2. The van der Waals surface area contributed by atoms with Gasteiger partial charge in [-0.15, -0.1) is 0 Å². The molecule has 0 aromatic heterocycles. The van der Waals surface area contributed by atoms with Gasteiger partial charge in [-0.25, -0.2) is 16.8 Å². The van der Waals surface area contributed by atoms with Gasteiger partial charge in [-0.05, 0) is 60.7 Å². The van der Waals surface area contributed by atoms with Crippen molar-refractivity contribution in [2.75, 3.05) is 65.3 Å². The number of methoxy groups -OCH3 is 1. The second kappa shape index (κ2) is 15.4. The molecule has 17 heteroatoms. The minimum Gasteiger partial charge on any atom is -0.497 e. The molecule has 1 heterocycles. The molecule has 1 aliphatic heterocycles. The Morgan fingerprint density at radius 1 is 0.740 bits per heavy atom. The molecule has 0 saturated carbocycles. The molecule has 0 unspecified atom stereocenters. The van der Waals surface area contributed by atoms with Crippen LogP contribution >= 0.6 is 11.8 Å². The number of thioether (sulfide) groups is 1. The van der Waals surface area contributed by atoms with Gasteiger partial charge in [0, 0.05) is 41.1 Å². The lowest BCUT2D eigenvalue weighted by atomic mass is 10.1. The van der Waals surface area contributed by atoms with E-state index in [4.69, 9.17) is 16.2 Å². The molecule has 3 amide bonds. The molecule has 1 aliphatic rings. The van der Waals surface area contributed by atoms with Crippen LogP contribution in [0.25, 0.3) is 10.8 Å². The molecule has 0 spiro atoms. The smallest absolute Gasteiger partial charge is 0.264 e. The summed E-state index contributed by atoms with van der Waals surface area (Å²) in [5.74, 6) is 0.219. The first-order chi connectivity index (χ1) is 23.8. The van der Waals surface area contributed by atoms with Gasteiger partial charge in [0.1, 0.15) is 18.8 Å². The molecule has 5 N–H and O–H groups in total. The van der Waals surface area contributed by atoms with Gasteiger partial charge in [0.05, 0.1) is 34.8 Å². The number of amides is 3. The van der Waals surface area contributed by atoms with Crippen molar-refractivity contribution in [3.8, 4) is 5.75 Å². The molecule has 5 rings (SSSR count). The number of carbonyl (C=O) groups excluding carboxylic acids is 3. The molecule has 0 aliphatic carbocycles. The monoisotopic (exact) mass is 740 g/mol. The predicted octanol–water partition coefficient (Wildman–Crippen LogP) is 2.20. The number of benzene rings is 4. The van der Waals surface area contributed by atoms with Crippen molar-refractivity contribution < 1.29 is 36.0 Å². The summed E-state index contributed by atoms with van der Waals surface area (Å²) in [6, 6.07) is 20.1. The number of ether oxygens (including phenoxy) is 1. The number of hydrogen-bond donors (Lipinski definition) is 3. The van der Waals surface area contributed by atoms with E-state index < -0.39 is 45.0 Å². The lowest BCUT2D eigenvalue weighted by molar-refractivity contribution is -0.117. The van der Waals surface area contributed by atoms with Crippen LogP contribution in [0.5, 0.6) is 5.75 Å². The van der Waals surface area contributed by atoms with Crippen LogP contribution < -0.4 is 30.1 Å². The predicted molar refractivity (Wildman–Crippen MR) is 193 cm³/mol. The maximum Gasteiger partial charge on any atom is 0.264 e. The van der Waals surface area contributed by atoms with Gasteiger partial charge in [-0.3, -0.25) is 27.9 Å². The Kier molecular flexibility index (Phi) is 11.2.